The van der Waals surface area contributed by atoms with Gasteiger partial charge < -0.3 is 15.5 Å². The number of carbonyl (C=O) groups is 2. The number of aryl methyl sites for hydroxylation is 1. The quantitative estimate of drug-likeness (QED) is 0.772. The molecule has 7 nitrogen and oxygen atoms in total. The van der Waals surface area contributed by atoms with Gasteiger partial charge in [-0.1, -0.05) is 0 Å². The van der Waals surface area contributed by atoms with E-state index in [1.165, 1.54) is 19.3 Å². The first-order valence-corrected chi connectivity index (χ1v) is 10.9. The number of carbonyl (C=O) groups excluding carboxylic acids is 2. The maximum Gasteiger partial charge on any atom is 0.229 e. The largest absolute Gasteiger partial charge is 0.356 e. The van der Waals surface area contributed by atoms with Crippen molar-refractivity contribution >= 4 is 34.8 Å². The fourth-order valence-electron chi connectivity index (χ4n) is 4.11. The van der Waals surface area contributed by atoms with Crippen LogP contribution in [0, 0.1) is 12.8 Å². The Hall–Kier alpha value is -2.96. The first-order valence-electron chi connectivity index (χ1n) is 10.9. The van der Waals surface area contributed by atoms with Gasteiger partial charge in [0.1, 0.15) is 11.6 Å². The van der Waals surface area contributed by atoms with Crippen LogP contribution in [0.2, 0.25) is 0 Å². The Morgan fingerprint density at radius 2 is 1.67 bits per heavy atom. The number of amides is 1. The Morgan fingerprint density at radius 1 is 1.00 bits per heavy atom. The summed E-state index contributed by atoms with van der Waals surface area (Å²) in [5, 5.41) is 6.24. The van der Waals surface area contributed by atoms with Gasteiger partial charge in [-0.15, -0.1) is 0 Å². The summed E-state index contributed by atoms with van der Waals surface area (Å²) in [6.07, 6.45) is 6.01. The number of anilines is 4. The Morgan fingerprint density at radius 3 is 2.37 bits per heavy atom. The molecule has 2 heterocycles. The third-order valence-electron chi connectivity index (χ3n) is 5.84. The van der Waals surface area contributed by atoms with Gasteiger partial charge in [0, 0.05) is 55.0 Å². The van der Waals surface area contributed by atoms with Gasteiger partial charge in [0.2, 0.25) is 11.9 Å². The van der Waals surface area contributed by atoms with Crippen LogP contribution in [-0.2, 0) is 9.59 Å². The maximum absolute atomic E-state index is 12.4. The number of hydrogen-bond acceptors (Lipinski definition) is 6. The Bertz CT molecular complexity index is 896. The number of ketones is 1. The molecule has 30 heavy (non-hydrogen) atoms. The van der Waals surface area contributed by atoms with Crippen molar-refractivity contribution in [3.63, 3.8) is 0 Å². The van der Waals surface area contributed by atoms with Crippen molar-refractivity contribution in [3.8, 4) is 0 Å². The molecule has 0 atom stereocenters. The van der Waals surface area contributed by atoms with Crippen LogP contribution >= 0.6 is 0 Å². The van der Waals surface area contributed by atoms with E-state index in [9.17, 15) is 9.59 Å². The predicted octanol–water partition coefficient (Wildman–Crippen LogP) is 4.22. The van der Waals surface area contributed by atoms with Crippen molar-refractivity contribution < 1.29 is 9.59 Å². The molecular weight excluding hydrogens is 378 g/mol. The molecule has 1 aliphatic carbocycles. The van der Waals surface area contributed by atoms with E-state index < -0.39 is 0 Å². The second-order valence-electron chi connectivity index (χ2n) is 8.24. The number of aromatic nitrogens is 2. The minimum atomic E-state index is -0.0746. The molecule has 2 fully saturated rings. The summed E-state index contributed by atoms with van der Waals surface area (Å²) >= 11 is 0. The van der Waals surface area contributed by atoms with E-state index in [1.54, 1.807) is 0 Å². The molecule has 4 rings (SSSR count). The third kappa shape index (κ3) is 5.14. The van der Waals surface area contributed by atoms with Gasteiger partial charge in [-0.05, 0) is 63.3 Å². The second kappa shape index (κ2) is 9.24. The number of Topliss-reactive ketones (excluding diaryl/α,β-unsaturated/α-hetero) is 1. The lowest BCUT2D eigenvalue weighted by atomic mass is 9.88. The summed E-state index contributed by atoms with van der Waals surface area (Å²) in [6, 6.07) is 9.59. The van der Waals surface area contributed by atoms with Crippen molar-refractivity contribution in [1.29, 1.82) is 0 Å². The lowest BCUT2D eigenvalue weighted by molar-refractivity contribution is -0.125. The molecule has 0 bridgehead atoms. The number of nitrogens with zero attached hydrogens (tertiary/aromatic N) is 3. The van der Waals surface area contributed by atoms with Gasteiger partial charge in [-0.3, -0.25) is 9.59 Å². The molecule has 0 spiro atoms. The highest BCUT2D eigenvalue weighted by atomic mass is 16.2. The van der Waals surface area contributed by atoms with Gasteiger partial charge >= 0.3 is 0 Å². The van der Waals surface area contributed by atoms with Gasteiger partial charge in [-0.2, -0.15) is 4.98 Å². The fraction of sp³-hybridized carbons (Fsp3) is 0.478. The van der Waals surface area contributed by atoms with Crippen molar-refractivity contribution in [1.82, 2.24) is 9.97 Å². The molecule has 1 aromatic heterocycles. The van der Waals surface area contributed by atoms with Crippen molar-refractivity contribution in [2.45, 2.75) is 51.9 Å². The van der Waals surface area contributed by atoms with Crippen molar-refractivity contribution in [2.75, 3.05) is 28.6 Å². The van der Waals surface area contributed by atoms with Gasteiger partial charge in [0.25, 0.3) is 0 Å². The summed E-state index contributed by atoms with van der Waals surface area (Å²) in [7, 11) is 0. The molecule has 1 aliphatic heterocycles. The van der Waals surface area contributed by atoms with Crippen LogP contribution in [0.3, 0.4) is 0 Å². The summed E-state index contributed by atoms with van der Waals surface area (Å²) in [5.74, 6) is 1.74. The molecule has 7 heteroatoms. The number of nitrogens with one attached hydrogen (secondary N) is 2. The molecule has 1 aromatic carbocycles. The second-order valence-corrected chi connectivity index (χ2v) is 8.24. The smallest absolute Gasteiger partial charge is 0.229 e. The van der Waals surface area contributed by atoms with Crippen molar-refractivity contribution in [2.24, 2.45) is 5.92 Å². The van der Waals surface area contributed by atoms with Crippen LogP contribution in [0.5, 0.6) is 0 Å². The van der Waals surface area contributed by atoms with Gasteiger partial charge in [0.15, 0.2) is 0 Å². The van der Waals surface area contributed by atoms with E-state index in [1.807, 2.05) is 37.3 Å². The zero-order chi connectivity index (χ0) is 20.9. The zero-order valence-electron chi connectivity index (χ0n) is 17.5. The highest BCUT2D eigenvalue weighted by molar-refractivity contribution is 5.94. The summed E-state index contributed by atoms with van der Waals surface area (Å²) < 4.78 is 0. The molecular formula is C23H29N5O2. The lowest BCUT2D eigenvalue weighted by Gasteiger charge is -2.28. The first-order chi connectivity index (χ1) is 14.6. The molecule has 0 radical (unpaired) electrons. The molecule has 1 saturated carbocycles. The van der Waals surface area contributed by atoms with Crippen LogP contribution in [0.4, 0.5) is 23.1 Å². The van der Waals surface area contributed by atoms with Crippen molar-refractivity contribution in [3.05, 3.63) is 36.0 Å². The molecule has 2 aliphatic rings. The van der Waals surface area contributed by atoms with Crippen LogP contribution in [0.25, 0.3) is 0 Å². The van der Waals surface area contributed by atoms with Gasteiger partial charge in [0.05, 0.1) is 0 Å². The van der Waals surface area contributed by atoms with E-state index in [2.05, 4.69) is 20.5 Å². The van der Waals surface area contributed by atoms with E-state index in [0.717, 1.165) is 36.0 Å². The highest BCUT2D eigenvalue weighted by Crippen LogP contribution is 2.25. The minimum Gasteiger partial charge on any atom is -0.356 e. The normalized spacial score (nSPS) is 17.6. The molecule has 2 aromatic rings. The molecule has 2 N–H and O–H groups in total. The Balaban J connectivity index is 1.38. The summed E-state index contributed by atoms with van der Waals surface area (Å²) in [6.45, 7) is 4.07. The highest BCUT2D eigenvalue weighted by Gasteiger charge is 2.24. The van der Waals surface area contributed by atoms with Crippen LogP contribution in [0.15, 0.2) is 30.3 Å². The van der Waals surface area contributed by atoms with E-state index >= 15 is 0 Å². The average Bonchev–Trinajstić information content (AvgIpc) is 2.76. The topological polar surface area (TPSA) is 87.2 Å². The number of piperidine rings is 1. The number of rotatable bonds is 5. The van der Waals surface area contributed by atoms with Crippen LogP contribution < -0.4 is 15.5 Å². The van der Waals surface area contributed by atoms with E-state index in [-0.39, 0.29) is 17.6 Å². The maximum atomic E-state index is 12.4. The van der Waals surface area contributed by atoms with E-state index in [4.69, 9.17) is 4.98 Å². The van der Waals surface area contributed by atoms with Crippen LogP contribution in [0.1, 0.15) is 50.6 Å². The summed E-state index contributed by atoms with van der Waals surface area (Å²) in [4.78, 5) is 35.3. The molecule has 0 unspecified atom stereocenters. The monoisotopic (exact) mass is 407 g/mol. The predicted molar refractivity (Wildman–Crippen MR) is 118 cm³/mol. The van der Waals surface area contributed by atoms with Gasteiger partial charge in [-0.25, -0.2) is 4.98 Å². The fourth-order valence-corrected chi connectivity index (χ4v) is 4.11. The van der Waals surface area contributed by atoms with Crippen LogP contribution in [-0.4, -0.2) is 34.7 Å². The Kier molecular flexibility index (Phi) is 6.26. The SMILES string of the molecule is Cc1cc(N2CCCCC2)nc(Nc2ccc(NC(=O)C3CCC(=O)CC3)cc2)n1. The minimum absolute atomic E-state index is 0.00333. The zero-order valence-corrected chi connectivity index (χ0v) is 17.5. The average molecular weight is 408 g/mol. The summed E-state index contributed by atoms with van der Waals surface area (Å²) in [5.41, 5.74) is 2.55. The third-order valence-corrected chi connectivity index (χ3v) is 5.84. The first kappa shape index (κ1) is 20.3. The Labute approximate surface area is 177 Å². The van der Waals surface area contributed by atoms with E-state index in [0.29, 0.717) is 31.6 Å². The lowest BCUT2D eigenvalue weighted by Crippen LogP contribution is -2.30. The number of hydrogen-bond donors (Lipinski definition) is 2. The molecule has 1 saturated heterocycles. The standard InChI is InChI=1S/C23H29N5O2/c1-16-15-21(28-13-3-2-4-14-28)27-23(24-16)26-19-9-7-18(8-10-19)25-22(30)17-5-11-20(29)12-6-17/h7-10,15,17H,2-6,11-14H2,1H3,(H,25,30)(H,24,26,27). The number of benzene rings is 1. The molecule has 1 amide bonds. The molecule has 158 valence electrons.